The first-order chi connectivity index (χ1) is 10.2. The molecular weight excluding hydrogens is 394 g/mol. The molecule has 0 unspecified atom stereocenters. The molecule has 0 spiro atoms. The summed E-state index contributed by atoms with van der Waals surface area (Å²) in [6.07, 6.45) is 1.81. The molecule has 0 N–H and O–H groups in total. The van der Waals surface area contributed by atoms with Crippen LogP contribution in [0.15, 0.2) is 63.8 Å². The van der Waals surface area contributed by atoms with Crippen LogP contribution in [0.4, 0.5) is 0 Å². The summed E-state index contributed by atoms with van der Waals surface area (Å²) in [5.41, 5.74) is 2.97. The standard InChI is InChI=1S/C16H9Br2N3/c17-12-6-3-11(4-7-12)16-20-14(18)13-8-5-10-2-1-9-19-15(10)21(13)16/h1-9H. The van der Waals surface area contributed by atoms with Crippen molar-refractivity contribution in [1.82, 2.24) is 14.4 Å². The van der Waals surface area contributed by atoms with Crippen LogP contribution in [-0.2, 0) is 0 Å². The van der Waals surface area contributed by atoms with Crippen molar-refractivity contribution >= 4 is 48.4 Å². The van der Waals surface area contributed by atoms with Gasteiger partial charge < -0.3 is 0 Å². The maximum absolute atomic E-state index is 4.66. The van der Waals surface area contributed by atoms with Crippen LogP contribution in [0, 0.1) is 0 Å². The van der Waals surface area contributed by atoms with Crippen molar-refractivity contribution in [2.75, 3.05) is 0 Å². The molecule has 5 heteroatoms. The lowest BCUT2D eigenvalue weighted by molar-refractivity contribution is 1.17. The van der Waals surface area contributed by atoms with E-state index in [-0.39, 0.29) is 0 Å². The van der Waals surface area contributed by atoms with Gasteiger partial charge in [0.1, 0.15) is 16.1 Å². The predicted molar refractivity (Wildman–Crippen MR) is 91.3 cm³/mol. The molecule has 3 heterocycles. The molecule has 0 aliphatic carbocycles. The summed E-state index contributed by atoms with van der Waals surface area (Å²) in [6, 6.07) is 16.3. The Balaban J connectivity index is 2.13. The molecule has 102 valence electrons. The first-order valence-electron chi connectivity index (χ1n) is 6.42. The molecule has 1 aromatic carbocycles. The molecule has 0 aliphatic rings. The molecule has 3 nitrogen and oxygen atoms in total. The molecule has 0 amide bonds. The Hall–Kier alpha value is -1.72. The Labute approximate surface area is 137 Å². The molecule has 0 atom stereocenters. The summed E-state index contributed by atoms with van der Waals surface area (Å²) in [6.45, 7) is 0. The van der Waals surface area contributed by atoms with E-state index < -0.39 is 0 Å². The normalized spacial score (nSPS) is 11.3. The molecule has 21 heavy (non-hydrogen) atoms. The van der Waals surface area contributed by atoms with Crippen molar-refractivity contribution in [2.24, 2.45) is 0 Å². The molecule has 4 rings (SSSR count). The molecule has 0 bridgehead atoms. The number of rotatable bonds is 1. The molecule has 0 radical (unpaired) electrons. The average molecular weight is 403 g/mol. The maximum atomic E-state index is 4.66. The van der Waals surface area contributed by atoms with Gasteiger partial charge in [0.2, 0.25) is 0 Å². The van der Waals surface area contributed by atoms with Crippen molar-refractivity contribution in [2.45, 2.75) is 0 Å². The zero-order valence-corrected chi connectivity index (χ0v) is 14.0. The molecular formula is C16H9Br2N3. The van der Waals surface area contributed by atoms with Crippen LogP contribution in [0.2, 0.25) is 0 Å². The van der Waals surface area contributed by atoms with E-state index in [1.807, 2.05) is 30.3 Å². The van der Waals surface area contributed by atoms with E-state index in [0.29, 0.717) is 0 Å². The summed E-state index contributed by atoms with van der Waals surface area (Å²) >= 11 is 7.01. The van der Waals surface area contributed by atoms with Gasteiger partial charge in [-0.3, -0.25) is 4.40 Å². The summed E-state index contributed by atoms with van der Waals surface area (Å²) in [5, 5.41) is 1.09. The minimum atomic E-state index is 0.827. The molecule has 0 saturated heterocycles. The third kappa shape index (κ3) is 2.08. The van der Waals surface area contributed by atoms with Gasteiger partial charge in [0, 0.05) is 21.6 Å². The van der Waals surface area contributed by atoms with Gasteiger partial charge in [-0.05, 0) is 52.3 Å². The van der Waals surface area contributed by atoms with Crippen LogP contribution in [-0.4, -0.2) is 14.4 Å². The topological polar surface area (TPSA) is 30.2 Å². The number of aromatic nitrogens is 3. The number of halogens is 2. The van der Waals surface area contributed by atoms with E-state index in [9.17, 15) is 0 Å². The Morgan fingerprint density at radius 1 is 0.905 bits per heavy atom. The van der Waals surface area contributed by atoms with Crippen LogP contribution in [0.5, 0.6) is 0 Å². The van der Waals surface area contributed by atoms with Gasteiger partial charge in [0.15, 0.2) is 0 Å². The number of hydrogen-bond donors (Lipinski definition) is 0. The van der Waals surface area contributed by atoms with Gasteiger partial charge in [-0.2, -0.15) is 0 Å². The second kappa shape index (κ2) is 4.93. The third-order valence-corrected chi connectivity index (χ3v) is 4.53. The Kier molecular flexibility index (Phi) is 3.05. The quantitative estimate of drug-likeness (QED) is 0.444. The second-order valence-corrected chi connectivity index (χ2v) is 6.37. The smallest absolute Gasteiger partial charge is 0.147 e. The monoisotopic (exact) mass is 401 g/mol. The highest BCUT2D eigenvalue weighted by Gasteiger charge is 2.13. The lowest BCUT2D eigenvalue weighted by atomic mass is 10.2. The minimum absolute atomic E-state index is 0.827. The lowest BCUT2D eigenvalue weighted by Crippen LogP contribution is -1.94. The molecule has 3 aromatic heterocycles. The minimum Gasteiger partial charge on any atom is -0.275 e. The summed E-state index contributed by atoms with van der Waals surface area (Å²) in [7, 11) is 0. The second-order valence-electron chi connectivity index (χ2n) is 4.70. The van der Waals surface area contributed by atoms with Gasteiger partial charge in [0.05, 0.1) is 5.52 Å². The first-order valence-corrected chi connectivity index (χ1v) is 8.00. The Bertz CT molecular complexity index is 959. The predicted octanol–water partition coefficient (Wildman–Crippen LogP) is 5.07. The number of benzene rings is 1. The first kappa shape index (κ1) is 13.0. The Morgan fingerprint density at radius 2 is 1.71 bits per heavy atom. The van der Waals surface area contributed by atoms with Crippen LogP contribution >= 0.6 is 31.9 Å². The van der Waals surface area contributed by atoms with Crippen molar-refractivity contribution in [3.63, 3.8) is 0 Å². The van der Waals surface area contributed by atoms with Crippen LogP contribution < -0.4 is 0 Å². The van der Waals surface area contributed by atoms with Crippen molar-refractivity contribution in [1.29, 1.82) is 0 Å². The number of hydrogen-bond acceptors (Lipinski definition) is 2. The van der Waals surface area contributed by atoms with E-state index in [2.05, 4.69) is 64.4 Å². The van der Waals surface area contributed by atoms with Gasteiger partial charge in [-0.1, -0.05) is 28.1 Å². The molecule has 0 fully saturated rings. The number of pyridine rings is 2. The summed E-state index contributed by atoms with van der Waals surface area (Å²) in [4.78, 5) is 9.18. The summed E-state index contributed by atoms with van der Waals surface area (Å²) in [5.74, 6) is 0.883. The van der Waals surface area contributed by atoms with Crippen molar-refractivity contribution in [3.8, 4) is 11.4 Å². The average Bonchev–Trinajstić information content (AvgIpc) is 2.86. The van der Waals surface area contributed by atoms with E-state index >= 15 is 0 Å². The van der Waals surface area contributed by atoms with Crippen molar-refractivity contribution < 1.29 is 0 Å². The number of imidazole rings is 1. The van der Waals surface area contributed by atoms with Gasteiger partial charge in [-0.25, -0.2) is 9.97 Å². The number of fused-ring (bicyclic) bond motifs is 3. The molecule has 4 aromatic rings. The van der Waals surface area contributed by atoms with Crippen molar-refractivity contribution in [3.05, 3.63) is 63.8 Å². The highest BCUT2D eigenvalue weighted by atomic mass is 79.9. The van der Waals surface area contributed by atoms with Crippen LogP contribution in [0.1, 0.15) is 0 Å². The zero-order valence-electron chi connectivity index (χ0n) is 10.8. The fraction of sp³-hybridized carbons (Fsp3) is 0. The lowest BCUT2D eigenvalue weighted by Gasteiger charge is -2.05. The van der Waals surface area contributed by atoms with E-state index in [4.69, 9.17) is 0 Å². The van der Waals surface area contributed by atoms with Gasteiger partial charge in [-0.15, -0.1) is 0 Å². The van der Waals surface area contributed by atoms with Crippen LogP contribution in [0.3, 0.4) is 0 Å². The fourth-order valence-electron chi connectivity index (χ4n) is 2.45. The Morgan fingerprint density at radius 3 is 2.52 bits per heavy atom. The van der Waals surface area contributed by atoms with Gasteiger partial charge >= 0.3 is 0 Å². The highest BCUT2D eigenvalue weighted by Crippen LogP contribution is 2.29. The van der Waals surface area contributed by atoms with E-state index in [1.54, 1.807) is 6.20 Å². The third-order valence-electron chi connectivity index (χ3n) is 3.42. The fourth-order valence-corrected chi connectivity index (χ4v) is 3.19. The largest absolute Gasteiger partial charge is 0.275 e. The SMILES string of the molecule is Brc1ccc(-c2nc(Br)c3ccc4cccnc4n23)cc1. The number of nitrogens with zero attached hydrogens (tertiary/aromatic N) is 3. The maximum Gasteiger partial charge on any atom is 0.147 e. The van der Waals surface area contributed by atoms with Gasteiger partial charge in [0.25, 0.3) is 0 Å². The molecule has 0 aliphatic heterocycles. The molecule has 0 saturated carbocycles. The van der Waals surface area contributed by atoms with Crippen LogP contribution in [0.25, 0.3) is 27.9 Å². The van der Waals surface area contributed by atoms with E-state index in [0.717, 1.165) is 37.0 Å². The highest BCUT2D eigenvalue weighted by molar-refractivity contribution is 9.10. The summed E-state index contributed by atoms with van der Waals surface area (Å²) < 4.78 is 3.96. The zero-order chi connectivity index (χ0) is 14.4. The van der Waals surface area contributed by atoms with E-state index in [1.165, 1.54) is 0 Å².